The molecular formula is C20H34IN5O. The van der Waals surface area contributed by atoms with Crippen molar-refractivity contribution in [1.82, 2.24) is 15.5 Å². The van der Waals surface area contributed by atoms with Crippen LogP contribution in [0.15, 0.2) is 29.3 Å². The largest absolute Gasteiger partial charge is 0.370 e. The molecule has 1 amide bonds. The first kappa shape index (κ1) is 23.5. The van der Waals surface area contributed by atoms with E-state index in [-0.39, 0.29) is 35.9 Å². The molecule has 0 radical (unpaired) electrons. The summed E-state index contributed by atoms with van der Waals surface area (Å²) >= 11 is 0. The molecule has 27 heavy (non-hydrogen) atoms. The van der Waals surface area contributed by atoms with Crippen molar-refractivity contribution in [3.8, 4) is 0 Å². The summed E-state index contributed by atoms with van der Waals surface area (Å²) < 4.78 is 0. The van der Waals surface area contributed by atoms with Gasteiger partial charge in [0.05, 0.1) is 0 Å². The third-order valence-electron chi connectivity index (χ3n) is 4.92. The minimum atomic E-state index is 0. The number of hydrogen-bond acceptors (Lipinski definition) is 3. The fourth-order valence-corrected chi connectivity index (χ4v) is 3.39. The van der Waals surface area contributed by atoms with E-state index in [1.54, 1.807) is 7.05 Å². The summed E-state index contributed by atoms with van der Waals surface area (Å²) in [6.07, 6.45) is 1.54. The van der Waals surface area contributed by atoms with Crippen LogP contribution in [0.4, 0.5) is 5.69 Å². The number of likely N-dealkylation sites (N-methyl/N-ethyl adjacent to an activating group) is 1. The first-order chi connectivity index (χ1) is 12.6. The normalized spacial score (nSPS) is 16.7. The fraction of sp³-hybridized carbons (Fsp3) is 0.600. The number of aryl methyl sites for hydroxylation is 1. The van der Waals surface area contributed by atoms with Gasteiger partial charge in [0, 0.05) is 57.9 Å². The van der Waals surface area contributed by atoms with Gasteiger partial charge in [0.15, 0.2) is 5.96 Å². The molecule has 0 saturated carbocycles. The average molecular weight is 487 g/mol. The predicted octanol–water partition coefficient (Wildman–Crippen LogP) is 2.62. The van der Waals surface area contributed by atoms with Gasteiger partial charge in [0.25, 0.3) is 0 Å². The first-order valence-corrected chi connectivity index (χ1v) is 9.64. The number of benzene rings is 1. The second kappa shape index (κ2) is 12.0. The van der Waals surface area contributed by atoms with Gasteiger partial charge in [-0.3, -0.25) is 9.79 Å². The summed E-state index contributed by atoms with van der Waals surface area (Å²) in [5.41, 5.74) is 2.58. The summed E-state index contributed by atoms with van der Waals surface area (Å²) in [5, 5.41) is 6.85. The van der Waals surface area contributed by atoms with Crippen molar-refractivity contribution >= 4 is 41.5 Å². The van der Waals surface area contributed by atoms with Crippen LogP contribution in [0, 0.1) is 6.92 Å². The quantitative estimate of drug-likeness (QED) is 0.353. The van der Waals surface area contributed by atoms with Gasteiger partial charge in [-0.25, -0.2) is 0 Å². The van der Waals surface area contributed by atoms with E-state index in [9.17, 15) is 4.79 Å². The number of likely N-dealkylation sites (tertiary alicyclic amines) is 1. The molecule has 1 aliphatic heterocycles. The van der Waals surface area contributed by atoms with Crippen molar-refractivity contribution in [2.75, 3.05) is 44.7 Å². The van der Waals surface area contributed by atoms with E-state index >= 15 is 0 Å². The van der Waals surface area contributed by atoms with Gasteiger partial charge >= 0.3 is 0 Å². The number of rotatable bonds is 7. The molecule has 0 aliphatic carbocycles. The molecule has 1 aromatic carbocycles. The van der Waals surface area contributed by atoms with Crippen molar-refractivity contribution in [3.05, 3.63) is 29.8 Å². The van der Waals surface area contributed by atoms with Crippen molar-refractivity contribution < 1.29 is 4.79 Å². The number of anilines is 1. The molecule has 1 unspecified atom stereocenters. The van der Waals surface area contributed by atoms with E-state index in [4.69, 9.17) is 0 Å². The van der Waals surface area contributed by atoms with E-state index < -0.39 is 0 Å². The average Bonchev–Trinajstić information content (AvgIpc) is 3.13. The van der Waals surface area contributed by atoms with E-state index in [1.165, 1.54) is 11.3 Å². The van der Waals surface area contributed by atoms with Crippen molar-refractivity contribution in [3.63, 3.8) is 0 Å². The van der Waals surface area contributed by atoms with Crippen LogP contribution in [0.3, 0.4) is 0 Å². The Morgan fingerprint density at radius 2 is 2.07 bits per heavy atom. The van der Waals surface area contributed by atoms with Crippen LogP contribution in [0.5, 0.6) is 0 Å². The summed E-state index contributed by atoms with van der Waals surface area (Å²) in [6.45, 7) is 10.5. The lowest BCUT2D eigenvalue weighted by Gasteiger charge is -2.26. The second-order valence-corrected chi connectivity index (χ2v) is 6.69. The standard InChI is InChI=1S/C20H33N5O.HI/c1-5-19(26)25-13-11-17(15-25)23-20(21-4)22-12-14-24(6-2)18-10-8-7-9-16(18)3;/h7-10,17H,5-6,11-15H2,1-4H3,(H2,21,22,23);1H. The Balaban J connectivity index is 0.00000364. The third-order valence-corrected chi connectivity index (χ3v) is 4.92. The van der Waals surface area contributed by atoms with Crippen LogP contribution in [-0.2, 0) is 4.79 Å². The van der Waals surface area contributed by atoms with Crippen LogP contribution in [0.25, 0.3) is 0 Å². The van der Waals surface area contributed by atoms with Crippen molar-refractivity contribution in [2.24, 2.45) is 4.99 Å². The van der Waals surface area contributed by atoms with Gasteiger partial charge in [0.2, 0.25) is 5.91 Å². The monoisotopic (exact) mass is 487 g/mol. The summed E-state index contributed by atoms with van der Waals surface area (Å²) in [7, 11) is 1.79. The number of carbonyl (C=O) groups excluding carboxylic acids is 1. The van der Waals surface area contributed by atoms with Gasteiger partial charge < -0.3 is 20.4 Å². The van der Waals surface area contributed by atoms with Crippen LogP contribution in [-0.4, -0.2) is 62.6 Å². The maximum atomic E-state index is 11.8. The number of aliphatic imine (C=N–C) groups is 1. The second-order valence-electron chi connectivity index (χ2n) is 6.69. The first-order valence-electron chi connectivity index (χ1n) is 9.64. The Morgan fingerprint density at radius 1 is 1.33 bits per heavy atom. The molecule has 1 fully saturated rings. The molecule has 0 bridgehead atoms. The maximum Gasteiger partial charge on any atom is 0.222 e. The third kappa shape index (κ3) is 6.86. The molecule has 152 valence electrons. The highest BCUT2D eigenvalue weighted by atomic mass is 127. The number of guanidine groups is 1. The van der Waals surface area contributed by atoms with E-state index in [1.807, 2.05) is 11.8 Å². The highest BCUT2D eigenvalue weighted by Crippen LogP contribution is 2.18. The van der Waals surface area contributed by atoms with Gasteiger partial charge in [-0.1, -0.05) is 25.1 Å². The molecule has 1 atom stereocenters. The van der Waals surface area contributed by atoms with Crippen LogP contribution in [0.2, 0.25) is 0 Å². The SMILES string of the molecule is CCC(=O)N1CCC(NC(=NC)NCCN(CC)c2ccccc2C)C1.I. The minimum absolute atomic E-state index is 0. The van der Waals surface area contributed by atoms with Crippen LogP contribution >= 0.6 is 24.0 Å². The molecule has 0 aromatic heterocycles. The maximum absolute atomic E-state index is 11.8. The minimum Gasteiger partial charge on any atom is -0.370 e. The number of nitrogens with zero attached hydrogens (tertiary/aromatic N) is 3. The van der Waals surface area contributed by atoms with Gasteiger partial charge in [-0.05, 0) is 31.9 Å². The topological polar surface area (TPSA) is 60.0 Å². The number of halogens is 1. The summed E-state index contributed by atoms with van der Waals surface area (Å²) in [6, 6.07) is 8.75. The predicted molar refractivity (Wildman–Crippen MR) is 124 cm³/mol. The number of hydrogen-bond donors (Lipinski definition) is 2. The van der Waals surface area contributed by atoms with Crippen molar-refractivity contribution in [1.29, 1.82) is 0 Å². The number of para-hydroxylation sites is 1. The molecule has 0 spiro atoms. The number of carbonyl (C=O) groups is 1. The molecule has 1 saturated heterocycles. The Kier molecular flexibility index (Phi) is 10.5. The van der Waals surface area contributed by atoms with Gasteiger partial charge in [-0.15, -0.1) is 24.0 Å². The zero-order valence-electron chi connectivity index (χ0n) is 17.0. The van der Waals surface area contributed by atoms with Crippen molar-refractivity contribution in [2.45, 2.75) is 39.7 Å². The zero-order chi connectivity index (χ0) is 18.9. The molecular weight excluding hydrogens is 453 g/mol. The smallest absolute Gasteiger partial charge is 0.222 e. The van der Waals surface area contributed by atoms with E-state index in [2.05, 4.69) is 58.6 Å². The molecule has 2 N–H and O–H groups in total. The van der Waals surface area contributed by atoms with E-state index in [0.29, 0.717) is 6.42 Å². The Labute approximate surface area is 180 Å². The van der Waals surface area contributed by atoms with E-state index in [0.717, 1.165) is 45.1 Å². The van der Waals surface area contributed by atoms with Crippen LogP contribution < -0.4 is 15.5 Å². The lowest BCUT2D eigenvalue weighted by atomic mass is 10.2. The Hall–Kier alpha value is -1.51. The summed E-state index contributed by atoms with van der Waals surface area (Å²) in [4.78, 5) is 20.4. The number of nitrogens with one attached hydrogen (secondary N) is 2. The van der Waals surface area contributed by atoms with Crippen LogP contribution in [0.1, 0.15) is 32.3 Å². The molecule has 6 nitrogen and oxygen atoms in total. The fourth-order valence-electron chi connectivity index (χ4n) is 3.39. The lowest BCUT2D eigenvalue weighted by Crippen LogP contribution is -2.47. The lowest BCUT2D eigenvalue weighted by molar-refractivity contribution is -0.129. The molecule has 7 heteroatoms. The highest BCUT2D eigenvalue weighted by molar-refractivity contribution is 14.0. The van der Waals surface area contributed by atoms with Gasteiger partial charge in [0.1, 0.15) is 0 Å². The molecule has 1 aromatic rings. The number of amides is 1. The highest BCUT2D eigenvalue weighted by Gasteiger charge is 2.25. The molecule has 1 aliphatic rings. The molecule has 1 heterocycles. The molecule has 2 rings (SSSR count). The Bertz CT molecular complexity index is 622. The van der Waals surface area contributed by atoms with Gasteiger partial charge in [-0.2, -0.15) is 0 Å². The zero-order valence-corrected chi connectivity index (χ0v) is 19.3. The summed E-state index contributed by atoms with van der Waals surface area (Å²) in [5.74, 6) is 1.04. The Morgan fingerprint density at radius 3 is 2.70 bits per heavy atom.